The lowest BCUT2D eigenvalue weighted by Gasteiger charge is -1.98. The third-order valence-electron chi connectivity index (χ3n) is 2.55. The van der Waals surface area contributed by atoms with Crippen molar-refractivity contribution in [3.05, 3.63) is 30.6 Å². The van der Waals surface area contributed by atoms with Gasteiger partial charge in [-0.05, 0) is 6.42 Å². The van der Waals surface area contributed by atoms with Gasteiger partial charge in [0.1, 0.15) is 6.54 Å². The highest BCUT2D eigenvalue weighted by Crippen LogP contribution is 2.04. The SMILES string of the molecule is CCCCCCCC[n+]1ccccc1.[Cl-]. The first-order valence-electron chi connectivity index (χ1n) is 5.87. The van der Waals surface area contributed by atoms with Crippen molar-refractivity contribution in [2.45, 2.75) is 52.0 Å². The van der Waals surface area contributed by atoms with Crippen LogP contribution < -0.4 is 17.0 Å². The first-order chi connectivity index (χ1) is 6.93. The van der Waals surface area contributed by atoms with Crippen molar-refractivity contribution in [1.29, 1.82) is 0 Å². The standard InChI is InChI=1S/C13H22N.ClH/c1-2-3-4-5-6-8-11-14-12-9-7-10-13-14;/h7,9-10,12-13H,2-6,8,11H2,1H3;1H/q+1;/p-1. The molecule has 0 aromatic carbocycles. The molecule has 0 aliphatic rings. The van der Waals surface area contributed by atoms with Gasteiger partial charge in [0.05, 0.1) is 0 Å². The summed E-state index contributed by atoms with van der Waals surface area (Å²) in [5.74, 6) is 0. The van der Waals surface area contributed by atoms with Crippen molar-refractivity contribution >= 4 is 0 Å². The van der Waals surface area contributed by atoms with E-state index in [9.17, 15) is 0 Å². The van der Waals surface area contributed by atoms with Gasteiger partial charge < -0.3 is 12.4 Å². The minimum Gasteiger partial charge on any atom is -1.00 e. The Hall–Kier alpha value is -0.560. The van der Waals surface area contributed by atoms with E-state index in [0.717, 1.165) is 0 Å². The van der Waals surface area contributed by atoms with Crippen LogP contribution in [0.3, 0.4) is 0 Å². The molecule has 0 N–H and O–H groups in total. The van der Waals surface area contributed by atoms with Crippen molar-refractivity contribution in [2.75, 3.05) is 0 Å². The van der Waals surface area contributed by atoms with Crippen LogP contribution >= 0.6 is 0 Å². The molecule has 0 aliphatic carbocycles. The summed E-state index contributed by atoms with van der Waals surface area (Å²) in [6.07, 6.45) is 12.5. The Balaban J connectivity index is 0.00000196. The highest BCUT2D eigenvalue weighted by molar-refractivity contribution is 4.83. The van der Waals surface area contributed by atoms with E-state index in [1.54, 1.807) is 0 Å². The largest absolute Gasteiger partial charge is 1.00 e. The maximum Gasteiger partial charge on any atom is 0.168 e. The van der Waals surface area contributed by atoms with Crippen LogP contribution in [0.4, 0.5) is 0 Å². The molecule has 2 heteroatoms. The third kappa shape index (κ3) is 7.38. The van der Waals surface area contributed by atoms with Gasteiger partial charge in [-0.1, -0.05) is 38.7 Å². The van der Waals surface area contributed by atoms with Gasteiger partial charge in [0.15, 0.2) is 12.4 Å². The molecule has 1 heterocycles. The Bertz CT molecular complexity index is 223. The maximum atomic E-state index is 2.26. The van der Waals surface area contributed by atoms with Gasteiger partial charge in [0.25, 0.3) is 0 Å². The number of aromatic nitrogens is 1. The number of rotatable bonds is 7. The molecule has 15 heavy (non-hydrogen) atoms. The molecule has 0 saturated heterocycles. The predicted octanol–water partition coefficient (Wildman–Crippen LogP) is 0.339. The van der Waals surface area contributed by atoms with E-state index in [4.69, 9.17) is 0 Å². The lowest BCUT2D eigenvalue weighted by Crippen LogP contribution is -3.00. The fourth-order valence-electron chi connectivity index (χ4n) is 1.66. The summed E-state index contributed by atoms with van der Waals surface area (Å²) in [5, 5.41) is 0. The quantitative estimate of drug-likeness (QED) is 0.467. The summed E-state index contributed by atoms with van der Waals surface area (Å²) in [6, 6.07) is 6.26. The maximum absolute atomic E-state index is 2.26. The number of aryl methyl sites for hydroxylation is 1. The molecule has 1 aromatic rings. The summed E-state index contributed by atoms with van der Waals surface area (Å²) in [7, 11) is 0. The predicted molar refractivity (Wildman–Crippen MR) is 60.0 cm³/mol. The second kappa shape index (κ2) is 9.97. The van der Waals surface area contributed by atoms with Crippen LogP contribution in [0.2, 0.25) is 0 Å². The zero-order chi connectivity index (χ0) is 10.1. The molecule has 0 saturated carbocycles. The van der Waals surface area contributed by atoms with E-state index in [1.807, 2.05) is 0 Å². The van der Waals surface area contributed by atoms with Gasteiger partial charge in [-0.15, -0.1) is 0 Å². The summed E-state index contributed by atoms with van der Waals surface area (Å²) in [5.41, 5.74) is 0. The Morgan fingerprint density at radius 3 is 2.07 bits per heavy atom. The first-order valence-corrected chi connectivity index (χ1v) is 5.87. The molecular formula is C13H22ClN. The fraction of sp³-hybridized carbons (Fsp3) is 0.615. The number of hydrogen-bond donors (Lipinski definition) is 0. The molecule has 1 nitrogen and oxygen atoms in total. The Kier molecular flexibility index (Phi) is 9.60. The smallest absolute Gasteiger partial charge is 0.168 e. The van der Waals surface area contributed by atoms with Gasteiger partial charge in [-0.25, -0.2) is 4.57 Å². The molecule has 0 radical (unpaired) electrons. The monoisotopic (exact) mass is 227 g/mol. The number of nitrogens with zero attached hydrogens (tertiary/aromatic N) is 1. The average Bonchev–Trinajstić information content (AvgIpc) is 2.25. The first kappa shape index (κ1) is 14.4. The normalized spacial score (nSPS) is 9.67. The van der Waals surface area contributed by atoms with Crippen LogP contribution in [-0.2, 0) is 6.54 Å². The highest BCUT2D eigenvalue weighted by atomic mass is 35.5. The van der Waals surface area contributed by atoms with Gasteiger partial charge in [-0.3, -0.25) is 0 Å². The van der Waals surface area contributed by atoms with E-state index in [-0.39, 0.29) is 12.4 Å². The Labute approximate surface area is 99.9 Å². The molecule has 0 spiro atoms. The van der Waals surface area contributed by atoms with Crippen LogP contribution in [0.1, 0.15) is 45.4 Å². The molecule has 0 fully saturated rings. The van der Waals surface area contributed by atoms with E-state index in [2.05, 4.69) is 42.1 Å². The van der Waals surface area contributed by atoms with Crippen LogP contribution in [0.15, 0.2) is 30.6 Å². The van der Waals surface area contributed by atoms with Gasteiger partial charge >= 0.3 is 0 Å². The fourth-order valence-corrected chi connectivity index (χ4v) is 1.66. The lowest BCUT2D eigenvalue weighted by molar-refractivity contribution is -0.697. The zero-order valence-electron chi connectivity index (χ0n) is 9.66. The van der Waals surface area contributed by atoms with Crippen LogP contribution in [0.5, 0.6) is 0 Å². The molecule has 0 amide bonds. The third-order valence-corrected chi connectivity index (χ3v) is 2.55. The van der Waals surface area contributed by atoms with E-state index < -0.39 is 0 Å². The van der Waals surface area contributed by atoms with Crippen molar-refractivity contribution in [3.63, 3.8) is 0 Å². The summed E-state index contributed by atoms with van der Waals surface area (Å²) in [4.78, 5) is 0. The molecule has 0 aliphatic heterocycles. The van der Waals surface area contributed by atoms with Crippen molar-refractivity contribution < 1.29 is 17.0 Å². The molecule has 0 unspecified atom stereocenters. The van der Waals surface area contributed by atoms with Gasteiger partial charge in [0.2, 0.25) is 0 Å². The van der Waals surface area contributed by atoms with E-state index in [0.29, 0.717) is 0 Å². The Morgan fingerprint density at radius 1 is 0.800 bits per heavy atom. The van der Waals surface area contributed by atoms with E-state index in [1.165, 1.54) is 45.1 Å². The molecule has 0 bridgehead atoms. The van der Waals surface area contributed by atoms with Crippen LogP contribution in [0.25, 0.3) is 0 Å². The summed E-state index contributed by atoms with van der Waals surface area (Å²) >= 11 is 0. The van der Waals surface area contributed by atoms with E-state index >= 15 is 0 Å². The topological polar surface area (TPSA) is 3.88 Å². The number of unbranched alkanes of at least 4 members (excludes halogenated alkanes) is 5. The van der Waals surface area contributed by atoms with Gasteiger partial charge in [0, 0.05) is 18.6 Å². The van der Waals surface area contributed by atoms with Crippen LogP contribution in [-0.4, -0.2) is 0 Å². The highest BCUT2D eigenvalue weighted by Gasteiger charge is 1.96. The second-order valence-electron chi connectivity index (χ2n) is 3.88. The lowest BCUT2D eigenvalue weighted by atomic mass is 10.1. The molecule has 0 atom stereocenters. The molecule has 86 valence electrons. The Morgan fingerprint density at radius 2 is 1.40 bits per heavy atom. The molecule has 1 aromatic heterocycles. The average molecular weight is 228 g/mol. The summed E-state index contributed by atoms with van der Waals surface area (Å²) in [6.45, 7) is 3.44. The van der Waals surface area contributed by atoms with Crippen LogP contribution in [0, 0.1) is 0 Å². The van der Waals surface area contributed by atoms with Gasteiger partial charge in [-0.2, -0.15) is 0 Å². The van der Waals surface area contributed by atoms with Crippen molar-refractivity contribution in [1.82, 2.24) is 0 Å². The molecule has 1 rings (SSSR count). The van der Waals surface area contributed by atoms with Crippen molar-refractivity contribution in [3.8, 4) is 0 Å². The number of pyridine rings is 1. The molecular weight excluding hydrogens is 206 g/mol. The summed E-state index contributed by atoms with van der Waals surface area (Å²) < 4.78 is 2.26. The minimum absolute atomic E-state index is 0. The number of halogens is 1. The second-order valence-corrected chi connectivity index (χ2v) is 3.88. The van der Waals surface area contributed by atoms with Crippen molar-refractivity contribution in [2.24, 2.45) is 0 Å². The minimum atomic E-state index is 0. The zero-order valence-corrected chi connectivity index (χ0v) is 10.4. The number of hydrogen-bond acceptors (Lipinski definition) is 0.